The van der Waals surface area contributed by atoms with Crippen LogP contribution in [0, 0.1) is 6.92 Å². The van der Waals surface area contributed by atoms with E-state index in [-0.39, 0.29) is 0 Å². The summed E-state index contributed by atoms with van der Waals surface area (Å²) in [6.07, 6.45) is 5.20. The fraction of sp³-hybridized carbons (Fsp3) is 0.462. The van der Waals surface area contributed by atoms with Crippen LogP contribution in [0.5, 0.6) is 0 Å². The van der Waals surface area contributed by atoms with Crippen molar-refractivity contribution in [1.82, 2.24) is 0 Å². The van der Waals surface area contributed by atoms with Crippen molar-refractivity contribution >= 4 is 17.6 Å². The first-order valence-electron chi connectivity index (χ1n) is 5.65. The van der Waals surface area contributed by atoms with E-state index in [4.69, 9.17) is 11.6 Å². The van der Waals surface area contributed by atoms with E-state index in [1.807, 2.05) is 6.07 Å². The van der Waals surface area contributed by atoms with Crippen molar-refractivity contribution in [2.45, 2.75) is 39.0 Å². The molecule has 0 bridgehead atoms. The molecule has 0 unspecified atom stereocenters. The summed E-state index contributed by atoms with van der Waals surface area (Å²) in [6.45, 7) is 1.79. The van der Waals surface area contributed by atoms with Gasteiger partial charge in [-0.05, 0) is 55.4 Å². The molecular formula is C13H15ClO2. The molecule has 2 nitrogen and oxygen atoms in total. The largest absolute Gasteiger partial charge is 0.478 e. The number of aryl methyl sites for hydroxylation is 1. The molecule has 86 valence electrons. The minimum Gasteiger partial charge on any atom is -0.478 e. The van der Waals surface area contributed by atoms with Crippen LogP contribution in [-0.2, 0) is 12.8 Å². The highest BCUT2D eigenvalue weighted by molar-refractivity contribution is 6.32. The third-order valence-electron chi connectivity index (χ3n) is 3.31. The average Bonchev–Trinajstić information content (AvgIpc) is 2.44. The zero-order valence-electron chi connectivity index (χ0n) is 9.35. The van der Waals surface area contributed by atoms with Crippen molar-refractivity contribution in [2.24, 2.45) is 0 Å². The van der Waals surface area contributed by atoms with Crippen molar-refractivity contribution in [1.29, 1.82) is 0 Å². The number of benzene rings is 1. The number of aromatic carboxylic acids is 1. The topological polar surface area (TPSA) is 37.3 Å². The summed E-state index contributed by atoms with van der Waals surface area (Å²) >= 11 is 6.08. The van der Waals surface area contributed by atoms with Crippen molar-refractivity contribution in [3.8, 4) is 0 Å². The monoisotopic (exact) mass is 238 g/mol. The van der Waals surface area contributed by atoms with Gasteiger partial charge in [-0.2, -0.15) is 0 Å². The molecule has 1 N–H and O–H groups in total. The molecular weight excluding hydrogens is 224 g/mol. The highest BCUT2D eigenvalue weighted by atomic mass is 35.5. The van der Waals surface area contributed by atoms with E-state index in [9.17, 15) is 9.90 Å². The van der Waals surface area contributed by atoms with E-state index in [1.165, 1.54) is 6.42 Å². The first-order valence-corrected chi connectivity index (χ1v) is 6.03. The lowest BCUT2D eigenvalue weighted by Crippen LogP contribution is -2.08. The Balaban J connectivity index is 2.65. The van der Waals surface area contributed by atoms with Gasteiger partial charge in [0.25, 0.3) is 0 Å². The van der Waals surface area contributed by atoms with Crippen LogP contribution in [-0.4, -0.2) is 11.1 Å². The van der Waals surface area contributed by atoms with Crippen molar-refractivity contribution in [2.75, 3.05) is 0 Å². The number of carboxylic acid groups (broad SMARTS) is 1. The van der Waals surface area contributed by atoms with Gasteiger partial charge < -0.3 is 5.11 Å². The first kappa shape index (κ1) is 11.5. The second-order valence-electron chi connectivity index (χ2n) is 4.36. The van der Waals surface area contributed by atoms with Gasteiger partial charge in [-0.25, -0.2) is 4.79 Å². The zero-order chi connectivity index (χ0) is 11.7. The molecule has 16 heavy (non-hydrogen) atoms. The summed E-state index contributed by atoms with van der Waals surface area (Å²) < 4.78 is 0. The fourth-order valence-corrected chi connectivity index (χ4v) is 2.67. The maximum absolute atomic E-state index is 11.3. The molecule has 2 rings (SSSR count). The van der Waals surface area contributed by atoms with Crippen LogP contribution in [0.2, 0.25) is 5.02 Å². The fourth-order valence-electron chi connectivity index (χ4n) is 2.45. The Morgan fingerprint density at radius 1 is 1.31 bits per heavy atom. The molecule has 0 spiro atoms. The van der Waals surface area contributed by atoms with Crippen LogP contribution in [0.4, 0.5) is 0 Å². The Bertz CT molecular complexity index is 438. The zero-order valence-corrected chi connectivity index (χ0v) is 10.1. The molecule has 0 fully saturated rings. The number of fused-ring (bicyclic) bond motifs is 1. The molecule has 1 aromatic rings. The lowest BCUT2D eigenvalue weighted by Gasteiger charge is -2.13. The summed E-state index contributed by atoms with van der Waals surface area (Å²) in [5.41, 5.74) is 3.27. The normalized spacial score (nSPS) is 15.4. The summed E-state index contributed by atoms with van der Waals surface area (Å²) in [5.74, 6) is -0.849. The Morgan fingerprint density at radius 2 is 2.00 bits per heavy atom. The minimum absolute atomic E-state index is 0.435. The van der Waals surface area contributed by atoms with Gasteiger partial charge in [-0.15, -0.1) is 0 Å². The highest BCUT2D eigenvalue weighted by Gasteiger charge is 2.20. The maximum Gasteiger partial charge on any atom is 0.336 e. The summed E-state index contributed by atoms with van der Waals surface area (Å²) in [6, 6.07) is 1.95. The maximum atomic E-state index is 11.3. The minimum atomic E-state index is -0.849. The molecule has 0 saturated carbocycles. The number of rotatable bonds is 1. The molecule has 1 aromatic carbocycles. The van der Waals surface area contributed by atoms with Crippen LogP contribution in [0.3, 0.4) is 0 Å². The van der Waals surface area contributed by atoms with Gasteiger partial charge in [0.15, 0.2) is 0 Å². The highest BCUT2D eigenvalue weighted by Crippen LogP contribution is 2.31. The second kappa shape index (κ2) is 4.46. The molecule has 1 aliphatic rings. The second-order valence-corrected chi connectivity index (χ2v) is 4.77. The quantitative estimate of drug-likeness (QED) is 0.759. The van der Waals surface area contributed by atoms with Crippen LogP contribution in [0.1, 0.15) is 46.3 Å². The van der Waals surface area contributed by atoms with Gasteiger partial charge in [0.2, 0.25) is 0 Å². The average molecular weight is 239 g/mol. The van der Waals surface area contributed by atoms with Gasteiger partial charge in [0.1, 0.15) is 0 Å². The van der Waals surface area contributed by atoms with Gasteiger partial charge in [-0.3, -0.25) is 0 Å². The Labute approximate surface area is 100 Å². The molecule has 0 radical (unpaired) electrons. The molecule has 0 aromatic heterocycles. The number of hydrogen-bond acceptors (Lipinski definition) is 1. The van der Waals surface area contributed by atoms with Gasteiger partial charge in [-0.1, -0.05) is 18.0 Å². The molecule has 0 amide bonds. The molecule has 1 aliphatic carbocycles. The standard InChI is InChI=1S/C13H15ClO2/c1-8-11(14)7-9-5-3-2-4-6-10(9)12(8)13(15)16/h7H,2-6H2,1H3,(H,15,16). The van der Waals surface area contributed by atoms with Crippen LogP contribution >= 0.6 is 11.6 Å². The van der Waals surface area contributed by atoms with Gasteiger partial charge in [0.05, 0.1) is 5.56 Å². The lowest BCUT2D eigenvalue weighted by atomic mass is 9.93. The number of hydrogen-bond donors (Lipinski definition) is 1. The smallest absolute Gasteiger partial charge is 0.336 e. The Hall–Kier alpha value is -1.02. The van der Waals surface area contributed by atoms with E-state index in [1.54, 1.807) is 6.92 Å². The number of carboxylic acids is 1. The molecule has 0 atom stereocenters. The van der Waals surface area contributed by atoms with Crippen molar-refractivity contribution in [3.05, 3.63) is 33.3 Å². The summed E-state index contributed by atoms with van der Waals surface area (Å²) in [7, 11) is 0. The Kier molecular flexibility index (Phi) is 3.20. The molecule has 0 heterocycles. The first-order chi connectivity index (χ1) is 7.61. The van der Waals surface area contributed by atoms with Gasteiger partial charge in [0, 0.05) is 5.02 Å². The van der Waals surface area contributed by atoms with E-state index < -0.39 is 5.97 Å². The predicted molar refractivity (Wildman–Crippen MR) is 64.4 cm³/mol. The number of halogens is 1. The van der Waals surface area contributed by atoms with Crippen molar-refractivity contribution < 1.29 is 9.90 Å². The SMILES string of the molecule is Cc1c(Cl)cc2c(c1C(=O)O)CCCCC2. The van der Waals surface area contributed by atoms with Gasteiger partial charge >= 0.3 is 5.97 Å². The van der Waals surface area contributed by atoms with Crippen LogP contribution in [0.15, 0.2) is 6.07 Å². The third kappa shape index (κ3) is 1.94. The Morgan fingerprint density at radius 3 is 2.69 bits per heavy atom. The van der Waals surface area contributed by atoms with E-state index in [0.29, 0.717) is 16.1 Å². The molecule has 0 aliphatic heterocycles. The summed E-state index contributed by atoms with van der Waals surface area (Å²) in [5, 5.41) is 9.86. The van der Waals surface area contributed by atoms with Crippen molar-refractivity contribution in [3.63, 3.8) is 0 Å². The summed E-state index contributed by atoms with van der Waals surface area (Å²) in [4.78, 5) is 11.3. The van der Waals surface area contributed by atoms with Crippen LogP contribution in [0.25, 0.3) is 0 Å². The molecule has 3 heteroatoms. The number of carbonyl (C=O) groups is 1. The van der Waals surface area contributed by atoms with E-state index in [0.717, 1.165) is 36.8 Å². The lowest BCUT2D eigenvalue weighted by molar-refractivity contribution is 0.0695. The third-order valence-corrected chi connectivity index (χ3v) is 3.70. The molecule has 0 saturated heterocycles. The van der Waals surface area contributed by atoms with E-state index >= 15 is 0 Å². The predicted octanol–water partition coefficient (Wildman–Crippen LogP) is 3.62. The van der Waals surface area contributed by atoms with E-state index in [2.05, 4.69) is 0 Å². The van der Waals surface area contributed by atoms with Crippen LogP contribution < -0.4 is 0 Å².